The molecule has 1 heterocycles. The molecule has 2 aromatic carbocycles. The molecule has 1 aromatic heterocycles. The number of hydrogen-bond donors (Lipinski definition) is 2. The predicted octanol–water partition coefficient (Wildman–Crippen LogP) is 4.25. The summed E-state index contributed by atoms with van der Waals surface area (Å²) in [7, 11) is 4.68. The van der Waals surface area contributed by atoms with Gasteiger partial charge < -0.3 is 24.5 Å². The third-order valence-corrected chi connectivity index (χ3v) is 5.65. The highest BCUT2D eigenvalue weighted by atomic mass is 16.5. The molecule has 6 heteroatoms. The lowest BCUT2D eigenvalue weighted by Gasteiger charge is -2.22. The van der Waals surface area contributed by atoms with Gasteiger partial charge in [-0.25, -0.2) is 0 Å². The van der Waals surface area contributed by atoms with E-state index in [2.05, 4.69) is 35.4 Å². The van der Waals surface area contributed by atoms with Crippen LogP contribution in [0.5, 0.6) is 17.2 Å². The quantitative estimate of drug-likeness (QED) is 0.679. The maximum Gasteiger partial charge on any atom is 0.227 e. The number of carbonyl (C=O) groups is 1. The molecule has 0 saturated carbocycles. The van der Waals surface area contributed by atoms with Gasteiger partial charge in [-0.15, -0.1) is 0 Å². The predicted molar refractivity (Wildman–Crippen MR) is 113 cm³/mol. The van der Waals surface area contributed by atoms with Crippen LogP contribution < -0.4 is 19.5 Å². The summed E-state index contributed by atoms with van der Waals surface area (Å²) in [6.45, 7) is 2.09. The lowest BCUT2D eigenvalue weighted by atomic mass is 9.85. The molecule has 1 aliphatic carbocycles. The van der Waals surface area contributed by atoms with Crippen LogP contribution in [0.15, 0.2) is 30.3 Å². The van der Waals surface area contributed by atoms with Crippen LogP contribution in [0.25, 0.3) is 10.9 Å². The van der Waals surface area contributed by atoms with E-state index in [-0.39, 0.29) is 11.8 Å². The summed E-state index contributed by atoms with van der Waals surface area (Å²) >= 11 is 0. The second-order valence-electron chi connectivity index (χ2n) is 7.47. The van der Waals surface area contributed by atoms with E-state index in [4.69, 9.17) is 14.2 Å². The Labute approximate surface area is 170 Å². The smallest absolute Gasteiger partial charge is 0.227 e. The average molecular weight is 394 g/mol. The Kier molecular flexibility index (Phi) is 5.09. The van der Waals surface area contributed by atoms with Crippen molar-refractivity contribution in [2.24, 2.45) is 5.92 Å². The molecule has 0 radical (unpaired) electrons. The zero-order valence-corrected chi connectivity index (χ0v) is 17.2. The first-order valence-corrected chi connectivity index (χ1v) is 9.75. The van der Waals surface area contributed by atoms with Gasteiger partial charge in [0.2, 0.25) is 11.7 Å². The van der Waals surface area contributed by atoms with Crippen LogP contribution in [-0.4, -0.2) is 32.2 Å². The van der Waals surface area contributed by atoms with Gasteiger partial charge in [0.05, 0.1) is 21.3 Å². The van der Waals surface area contributed by atoms with Crippen LogP contribution in [0.3, 0.4) is 0 Å². The highest BCUT2D eigenvalue weighted by molar-refractivity contribution is 5.94. The largest absolute Gasteiger partial charge is 0.493 e. The van der Waals surface area contributed by atoms with E-state index >= 15 is 0 Å². The Morgan fingerprint density at radius 1 is 1.07 bits per heavy atom. The zero-order valence-electron chi connectivity index (χ0n) is 17.2. The van der Waals surface area contributed by atoms with E-state index < -0.39 is 0 Å². The zero-order chi connectivity index (χ0) is 20.5. The van der Waals surface area contributed by atoms with Gasteiger partial charge in [0, 0.05) is 40.3 Å². The monoisotopic (exact) mass is 394 g/mol. The van der Waals surface area contributed by atoms with E-state index in [0.29, 0.717) is 22.9 Å². The van der Waals surface area contributed by atoms with Crippen molar-refractivity contribution in [3.8, 4) is 17.2 Å². The van der Waals surface area contributed by atoms with Crippen molar-refractivity contribution in [3.63, 3.8) is 0 Å². The van der Waals surface area contributed by atoms with Gasteiger partial charge in [0.25, 0.3) is 0 Å². The first kappa shape index (κ1) is 19.2. The second-order valence-corrected chi connectivity index (χ2v) is 7.47. The Hall–Kier alpha value is -3.15. The molecule has 0 spiro atoms. The molecular weight excluding hydrogens is 368 g/mol. The highest BCUT2D eigenvalue weighted by Gasteiger charge is 2.28. The fraction of sp³-hybridized carbons (Fsp3) is 0.348. The molecule has 1 aliphatic rings. The molecule has 1 amide bonds. The Bertz CT molecular complexity index is 1050. The van der Waals surface area contributed by atoms with Crippen molar-refractivity contribution in [3.05, 3.63) is 47.2 Å². The number of methoxy groups -OCH3 is 3. The van der Waals surface area contributed by atoms with E-state index in [9.17, 15) is 4.79 Å². The SMILES string of the molecule is COc1cc(NC(=O)C2CCc3[nH]c4ccc(C)cc4c3C2)cc(OC)c1OC. The number of anilines is 1. The number of aromatic amines is 1. The fourth-order valence-electron chi connectivity index (χ4n) is 4.15. The van der Waals surface area contributed by atoms with Gasteiger partial charge in [0.1, 0.15) is 0 Å². The van der Waals surface area contributed by atoms with Gasteiger partial charge >= 0.3 is 0 Å². The lowest BCUT2D eigenvalue weighted by Crippen LogP contribution is -2.28. The number of fused-ring (bicyclic) bond motifs is 3. The third-order valence-electron chi connectivity index (χ3n) is 5.65. The number of ether oxygens (including phenoxy) is 3. The maximum absolute atomic E-state index is 13.0. The van der Waals surface area contributed by atoms with E-state index in [1.807, 2.05) is 0 Å². The van der Waals surface area contributed by atoms with Gasteiger partial charge in [-0.05, 0) is 43.9 Å². The molecule has 0 bridgehead atoms. The molecular formula is C23H26N2O4. The van der Waals surface area contributed by atoms with Gasteiger partial charge in [-0.1, -0.05) is 11.6 Å². The fourth-order valence-corrected chi connectivity index (χ4v) is 4.15. The highest BCUT2D eigenvalue weighted by Crippen LogP contribution is 2.40. The summed E-state index contributed by atoms with van der Waals surface area (Å²) in [5, 5.41) is 4.26. The van der Waals surface area contributed by atoms with Crippen molar-refractivity contribution >= 4 is 22.5 Å². The van der Waals surface area contributed by atoms with E-state index in [0.717, 1.165) is 24.8 Å². The number of H-pyrrole nitrogens is 1. The maximum atomic E-state index is 13.0. The van der Waals surface area contributed by atoms with Crippen molar-refractivity contribution in [2.45, 2.75) is 26.2 Å². The van der Waals surface area contributed by atoms with Crippen LogP contribution in [0, 0.1) is 12.8 Å². The topological polar surface area (TPSA) is 72.6 Å². The summed E-state index contributed by atoms with van der Waals surface area (Å²) in [5.74, 6) is 1.46. The normalized spacial score (nSPS) is 15.7. The summed E-state index contributed by atoms with van der Waals surface area (Å²) in [5.41, 5.74) is 5.52. The number of aromatic nitrogens is 1. The average Bonchev–Trinajstić information content (AvgIpc) is 3.09. The number of carbonyl (C=O) groups excluding carboxylic acids is 1. The first-order valence-electron chi connectivity index (χ1n) is 9.75. The van der Waals surface area contributed by atoms with Gasteiger partial charge in [0.15, 0.2) is 11.5 Å². The van der Waals surface area contributed by atoms with Gasteiger partial charge in [-0.3, -0.25) is 4.79 Å². The molecule has 3 aromatic rings. The van der Waals surface area contributed by atoms with Crippen molar-refractivity contribution < 1.29 is 19.0 Å². The minimum Gasteiger partial charge on any atom is -0.493 e. The number of amides is 1. The third kappa shape index (κ3) is 3.50. The van der Waals surface area contributed by atoms with Crippen molar-refractivity contribution in [1.82, 2.24) is 4.98 Å². The molecule has 0 fully saturated rings. The van der Waals surface area contributed by atoms with Gasteiger partial charge in [-0.2, -0.15) is 0 Å². The molecule has 152 valence electrons. The van der Waals surface area contributed by atoms with Crippen molar-refractivity contribution in [1.29, 1.82) is 0 Å². The number of benzene rings is 2. The Morgan fingerprint density at radius 2 is 1.79 bits per heavy atom. The summed E-state index contributed by atoms with van der Waals surface area (Å²) in [4.78, 5) is 16.5. The number of rotatable bonds is 5. The second kappa shape index (κ2) is 7.70. The first-order chi connectivity index (χ1) is 14.0. The summed E-state index contributed by atoms with van der Waals surface area (Å²) < 4.78 is 16.1. The Morgan fingerprint density at radius 3 is 2.45 bits per heavy atom. The molecule has 0 saturated heterocycles. The minimum atomic E-state index is -0.0823. The molecule has 0 aliphatic heterocycles. The molecule has 1 atom stereocenters. The molecule has 6 nitrogen and oxygen atoms in total. The minimum absolute atomic E-state index is 0.00641. The van der Waals surface area contributed by atoms with Crippen molar-refractivity contribution in [2.75, 3.05) is 26.6 Å². The lowest BCUT2D eigenvalue weighted by molar-refractivity contribution is -0.120. The Balaban J connectivity index is 1.57. The molecule has 4 rings (SSSR count). The van der Waals surface area contributed by atoms with Crippen LogP contribution >= 0.6 is 0 Å². The molecule has 2 N–H and O–H groups in total. The number of hydrogen-bond acceptors (Lipinski definition) is 4. The van der Waals surface area contributed by atoms with Crippen LogP contribution in [0.4, 0.5) is 5.69 Å². The molecule has 1 unspecified atom stereocenters. The standard InChI is InChI=1S/C23H26N2O4/c1-13-5-7-18-16(9-13)17-10-14(6-8-19(17)25-18)23(26)24-15-11-20(27-2)22(29-4)21(12-15)28-3/h5,7,9,11-12,14,25H,6,8,10H2,1-4H3,(H,24,26). The number of nitrogens with one attached hydrogen (secondary N) is 2. The van der Waals surface area contributed by atoms with Crippen LogP contribution in [0.1, 0.15) is 23.2 Å². The van der Waals surface area contributed by atoms with E-state index in [1.54, 1.807) is 33.5 Å². The van der Waals surface area contributed by atoms with Crippen LogP contribution in [0.2, 0.25) is 0 Å². The summed E-state index contributed by atoms with van der Waals surface area (Å²) in [6, 6.07) is 9.93. The van der Waals surface area contributed by atoms with E-state index in [1.165, 1.54) is 22.2 Å². The number of aryl methyl sites for hydroxylation is 2. The summed E-state index contributed by atoms with van der Waals surface area (Å²) in [6.07, 6.45) is 2.42. The molecule has 29 heavy (non-hydrogen) atoms. The van der Waals surface area contributed by atoms with Crippen LogP contribution in [-0.2, 0) is 17.6 Å².